The van der Waals surface area contributed by atoms with Gasteiger partial charge in [0.25, 0.3) is 0 Å². The van der Waals surface area contributed by atoms with Crippen LogP contribution in [0, 0.1) is 0 Å². The van der Waals surface area contributed by atoms with E-state index in [0.29, 0.717) is 11.5 Å². The maximum Gasteiger partial charge on any atom is 0.416 e. The third-order valence-corrected chi connectivity index (χ3v) is 3.60. The van der Waals surface area contributed by atoms with Crippen molar-refractivity contribution in [3.8, 4) is 0 Å². The van der Waals surface area contributed by atoms with E-state index in [0.717, 1.165) is 44.0 Å². The van der Waals surface area contributed by atoms with Crippen LogP contribution in [0.1, 0.15) is 26.3 Å². The molecule has 0 atom stereocenters. The molecule has 144 valence electrons. The van der Waals surface area contributed by atoms with Crippen LogP contribution in [-0.4, -0.2) is 36.9 Å². The topological polar surface area (TPSA) is 39.7 Å². The van der Waals surface area contributed by atoms with Crippen LogP contribution in [0.4, 0.5) is 18.9 Å². The van der Waals surface area contributed by atoms with Gasteiger partial charge in [-0.2, -0.15) is 13.2 Å². The molecule has 26 heavy (non-hydrogen) atoms. The fourth-order valence-electron chi connectivity index (χ4n) is 2.28. The lowest BCUT2D eigenvalue weighted by Gasteiger charge is -2.29. The number of halogens is 3. The number of allylic oxidation sites excluding steroid dienone is 1. The lowest BCUT2D eigenvalue weighted by molar-refractivity contribution is -0.137. The number of rotatable bonds is 4. The Labute approximate surface area is 153 Å². The molecule has 1 aromatic carbocycles. The Morgan fingerprint density at radius 1 is 1.19 bits per heavy atom. The van der Waals surface area contributed by atoms with Gasteiger partial charge >= 0.3 is 6.18 Å². The summed E-state index contributed by atoms with van der Waals surface area (Å²) in [6.45, 7) is 13.4. The standard InChI is InChI=1S/C17H21F3N4.C2H6/c1-13(24-11-9-21-10-12-24)7-8-22-14(2)23-16-5-3-15(4-6-16)17(18,19)20;1-2/h3-8,21H,1,9-12H2,2H3,(H,22,23);1-2H3/b8-7-;. The van der Waals surface area contributed by atoms with E-state index in [1.807, 2.05) is 19.9 Å². The van der Waals surface area contributed by atoms with Gasteiger partial charge in [-0.3, -0.25) is 0 Å². The number of aliphatic imine (C=N–C) groups is 1. The highest BCUT2D eigenvalue weighted by molar-refractivity contribution is 5.93. The average Bonchev–Trinajstić information content (AvgIpc) is 2.63. The van der Waals surface area contributed by atoms with Crippen molar-refractivity contribution in [3.05, 3.63) is 54.4 Å². The van der Waals surface area contributed by atoms with Crippen LogP contribution in [0.15, 0.2) is 53.8 Å². The zero-order valence-corrected chi connectivity index (χ0v) is 15.5. The first-order valence-electron chi connectivity index (χ1n) is 8.66. The fourth-order valence-corrected chi connectivity index (χ4v) is 2.28. The maximum absolute atomic E-state index is 12.5. The van der Waals surface area contributed by atoms with Gasteiger partial charge in [0.1, 0.15) is 5.84 Å². The summed E-state index contributed by atoms with van der Waals surface area (Å²) in [6.07, 6.45) is -0.866. The van der Waals surface area contributed by atoms with Gasteiger partial charge < -0.3 is 15.5 Å². The number of piperazine rings is 1. The molecule has 0 unspecified atom stereocenters. The van der Waals surface area contributed by atoms with E-state index in [9.17, 15) is 13.2 Å². The average molecular weight is 368 g/mol. The second kappa shape index (κ2) is 10.7. The maximum atomic E-state index is 12.5. The number of nitrogens with zero attached hydrogens (tertiary/aromatic N) is 2. The van der Waals surface area contributed by atoms with Gasteiger partial charge in [-0.1, -0.05) is 20.4 Å². The van der Waals surface area contributed by atoms with Gasteiger partial charge in [0.05, 0.1) is 5.56 Å². The van der Waals surface area contributed by atoms with Crippen molar-refractivity contribution in [2.24, 2.45) is 4.99 Å². The molecule has 0 aliphatic carbocycles. The number of anilines is 1. The SMILES string of the molecule is C=C(/C=C\N=C(C)Nc1ccc(C(F)(F)F)cc1)N1CCNCC1.CC. The Balaban J connectivity index is 0.00000163. The van der Waals surface area contributed by atoms with Crippen molar-refractivity contribution < 1.29 is 13.2 Å². The molecule has 7 heteroatoms. The molecule has 1 aromatic rings. The predicted molar refractivity (Wildman–Crippen MR) is 102 cm³/mol. The van der Waals surface area contributed by atoms with Crippen molar-refractivity contribution >= 4 is 11.5 Å². The molecule has 1 heterocycles. The van der Waals surface area contributed by atoms with E-state index in [2.05, 4.69) is 27.1 Å². The van der Waals surface area contributed by atoms with Crippen molar-refractivity contribution in [3.63, 3.8) is 0 Å². The summed E-state index contributed by atoms with van der Waals surface area (Å²) in [6, 6.07) is 4.84. The highest BCUT2D eigenvalue weighted by Gasteiger charge is 2.29. The van der Waals surface area contributed by atoms with Crippen molar-refractivity contribution in [2.45, 2.75) is 26.9 Å². The Kier molecular flexibility index (Phi) is 8.92. The number of hydrogen-bond donors (Lipinski definition) is 2. The monoisotopic (exact) mass is 368 g/mol. The normalized spacial score (nSPS) is 15.5. The third kappa shape index (κ3) is 7.31. The second-order valence-electron chi connectivity index (χ2n) is 5.46. The molecule has 0 bridgehead atoms. The number of hydrogen-bond acceptors (Lipinski definition) is 3. The molecule has 1 aliphatic rings. The molecular formula is C19H27F3N4. The highest BCUT2D eigenvalue weighted by Crippen LogP contribution is 2.29. The van der Waals surface area contributed by atoms with Crippen LogP contribution in [0.3, 0.4) is 0 Å². The van der Waals surface area contributed by atoms with Gasteiger partial charge in [0.15, 0.2) is 0 Å². The summed E-state index contributed by atoms with van der Waals surface area (Å²) in [5, 5.41) is 6.22. The van der Waals surface area contributed by atoms with Crippen molar-refractivity contribution in [2.75, 3.05) is 31.5 Å². The van der Waals surface area contributed by atoms with E-state index in [1.54, 1.807) is 13.1 Å². The van der Waals surface area contributed by atoms with E-state index in [-0.39, 0.29) is 0 Å². The van der Waals surface area contributed by atoms with Gasteiger partial charge in [-0.05, 0) is 37.3 Å². The molecule has 0 aromatic heterocycles. The minimum absolute atomic E-state index is 0.554. The molecule has 0 radical (unpaired) electrons. The smallest absolute Gasteiger partial charge is 0.369 e. The Hall–Kier alpha value is -2.28. The second-order valence-corrected chi connectivity index (χ2v) is 5.46. The van der Waals surface area contributed by atoms with Crippen LogP contribution in [-0.2, 0) is 6.18 Å². The summed E-state index contributed by atoms with van der Waals surface area (Å²) < 4.78 is 37.5. The largest absolute Gasteiger partial charge is 0.416 e. The third-order valence-electron chi connectivity index (χ3n) is 3.60. The zero-order chi connectivity index (χ0) is 19.6. The zero-order valence-electron chi connectivity index (χ0n) is 15.5. The van der Waals surface area contributed by atoms with Gasteiger partial charge in [0.2, 0.25) is 0 Å². The number of benzene rings is 1. The molecule has 4 nitrogen and oxygen atoms in total. The number of amidine groups is 1. The lowest BCUT2D eigenvalue weighted by atomic mass is 10.2. The number of nitrogens with one attached hydrogen (secondary N) is 2. The Morgan fingerprint density at radius 3 is 2.31 bits per heavy atom. The Morgan fingerprint density at radius 2 is 1.77 bits per heavy atom. The molecule has 0 amide bonds. The molecule has 1 saturated heterocycles. The predicted octanol–water partition coefficient (Wildman–Crippen LogP) is 4.49. The van der Waals surface area contributed by atoms with Gasteiger partial charge in [0, 0.05) is 43.8 Å². The van der Waals surface area contributed by atoms with Crippen LogP contribution >= 0.6 is 0 Å². The van der Waals surface area contributed by atoms with E-state index in [1.165, 1.54) is 12.1 Å². The van der Waals surface area contributed by atoms with Crippen LogP contribution in [0.2, 0.25) is 0 Å². The first-order valence-corrected chi connectivity index (χ1v) is 8.66. The van der Waals surface area contributed by atoms with E-state index >= 15 is 0 Å². The molecule has 1 fully saturated rings. The Bertz CT molecular complexity index is 613. The lowest BCUT2D eigenvalue weighted by Crippen LogP contribution is -2.42. The van der Waals surface area contributed by atoms with E-state index in [4.69, 9.17) is 0 Å². The van der Waals surface area contributed by atoms with Gasteiger partial charge in [-0.25, -0.2) is 4.99 Å². The van der Waals surface area contributed by atoms with Crippen molar-refractivity contribution in [1.29, 1.82) is 0 Å². The number of alkyl halides is 3. The first kappa shape index (κ1) is 21.8. The summed E-state index contributed by atoms with van der Waals surface area (Å²) in [7, 11) is 0. The van der Waals surface area contributed by atoms with Crippen LogP contribution in [0.25, 0.3) is 0 Å². The fraction of sp³-hybridized carbons (Fsp3) is 0.421. The minimum atomic E-state index is -4.32. The molecule has 1 aliphatic heterocycles. The molecule has 2 N–H and O–H groups in total. The molecule has 2 rings (SSSR count). The molecule has 0 spiro atoms. The quantitative estimate of drug-likeness (QED) is 0.467. The first-order chi connectivity index (χ1) is 12.4. The van der Waals surface area contributed by atoms with E-state index < -0.39 is 11.7 Å². The van der Waals surface area contributed by atoms with Gasteiger partial charge in [-0.15, -0.1) is 0 Å². The molecule has 0 saturated carbocycles. The minimum Gasteiger partial charge on any atom is -0.369 e. The van der Waals surface area contributed by atoms with Crippen molar-refractivity contribution in [1.82, 2.24) is 10.2 Å². The summed E-state index contributed by atoms with van der Waals surface area (Å²) in [5.41, 5.74) is 0.774. The van der Waals surface area contributed by atoms with Crippen LogP contribution in [0.5, 0.6) is 0 Å². The van der Waals surface area contributed by atoms with Crippen LogP contribution < -0.4 is 10.6 Å². The molecular weight excluding hydrogens is 341 g/mol. The highest BCUT2D eigenvalue weighted by atomic mass is 19.4. The summed E-state index contributed by atoms with van der Waals surface area (Å²) in [5.74, 6) is 0.583. The summed E-state index contributed by atoms with van der Waals surface area (Å²) in [4.78, 5) is 6.39. The summed E-state index contributed by atoms with van der Waals surface area (Å²) >= 11 is 0.